The molecule has 19 heavy (non-hydrogen) atoms. The lowest BCUT2D eigenvalue weighted by Gasteiger charge is -2.22. The van der Waals surface area contributed by atoms with Gasteiger partial charge in [-0.3, -0.25) is 0 Å². The summed E-state index contributed by atoms with van der Waals surface area (Å²) in [6.07, 6.45) is 1.17. The summed E-state index contributed by atoms with van der Waals surface area (Å²) in [6, 6.07) is 8.30. The van der Waals surface area contributed by atoms with Gasteiger partial charge in [-0.05, 0) is 56.6 Å². The lowest BCUT2D eigenvalue weighted by Crippen LogP contribution is -2.28. The third-order valence-corrected chi connectivity index (χ3v) is 3.72. The molecule has 2 nitrogen and oxygen atoms in total. The summed E-state index contributed by atoms with van der Waals surface area (Å²) in [4.78, 5) is 2.20. The molecule has 108 valence electrons. The maximum absolute atomic E-state index is 5.95. The summed E-state index contributed by atoms with van der Waals surface area (Å²) in [5.41, 5.74) is 1.40. The summed E-state index contributed by atoms with van der Waals surface area (Å²) < 4.78 is 0. The number of rotatable bonds is 8. The molecule has 0 aromatic heterocycles. The van der Waals surface area contributed by atoms with E-state index in [1.54, 1.807) is 0 Å². The second-order valence-electron chi connectivity index (χ2n) is 5.74. The average molecular weight is 283 g/mol. The van der Waals surface area contributed by atoms with Crippen LogP contribution in [0.15, 0.2) is 24.3 Å². The van der Waals surface area contributed by atoms with Crippen molar-refractivity contribution in [3.05, 3.63) is 34.9 Å². The van der Waals surface area contributed by atoms with E-state index in [-0.39, 0.29) is 0 Å². The highest BCUT2D eigenvalue weighted by molar-refractivity contribution is 6.30. The molecule has 0 bridgehead atoms. The fraction of sp³-hybridized carbons (Fsp3) is 0.625. The number of likely N-dealkylation sites (N-methyl/N-ethyl adjacent to an activating group) is 1. The van der Waals surface area contributed by atoms with Crippen molar-refractivity contribution in [3.63, 3.8) is 0 Å². The van der Waals surface area contributed by atoms with Gasteiger partial charge in [0.25, 0.3) is 0 Å². The molecule has 0 aliphatic rings. The van der Waals surface area contributed by atoms with Crippen LogP contribution in [0.3, 0.4) is 0 Å². The molecule has 0 fully saturated rings. The normalized spacial score (nSPS) is 13.2. The Morgan fingerprint density at radius 2 is 1.74 bits per heavy atom. The maximum Gasteiger partial charge on any atom is 0.0406 e. The molecule has 0 saturated heterocycles. The van der Waals surface area contributed by atoms with E-state index >= 15 is 0 Å². The van der Waals surface area contributed by atoms with Crippen molar-refractivity contribution in [2.45, 2.75) is 26.2 Å². The van der Waals surface area contributed by atoms with E-state index in [2.05, 4.69) is 50.3 Å². The predicted molar refractivity (Wildman–Crippen MR) is 85.1 cm³/mol. The first kappa shape index (κ1) is 16.5. The van der Waals surface area contributed by atoms with Crippen LogP contribution in [-0.2, 0) is 0 Å². The summed E-state index contributed by atoms with van der Waals surface area (Å²) in [7, 11) is 4.21. The van der Waals surface area contributed by atoms with Crippen LogP contribution in [-0.4, -0.2) is 38.6 Å². The van der Waals surface area contributed by atoms with Crippen LogP contribution < -0.4 is 5.32 Å². The second kappa shape index (κ2) is 8.57. The van der Waals surface area contributed by atoms with E-state index in [1.165, 1.54) is 12.0 Å². The zero-order valence-corrected chi connectivity index (χ0v) is 13.4. The van der Waals surface area contributed by atoms with Crippen molar-refractivity contribution in [2.75, 3.05) is 33.7 Å². The Morgan fingerprint density at radius 1 is 1.11 bits per heavy atom. The largest absolute Gasteiger partial charge is 0.315 e. The summed E-state index contributed by atoms with van der Waals surface area (Å²) in [6.45, 7) is 7.79. The van der Waals surface area contributed by atoms with E-state index in [0.29, 0.717) is 11.8 Å². The lowest BCUT2D eigenvalue weighted by molar-refractivity contribution is 0.390. The fourth-order valence-corrected chi connectivity index (χ4v) is 2.41. The molecule has 0 heterocycles. The van der Waals surface area contributed by atoms with Crippen LogP contribution in [0.1, 0.15) is 31.7 Å². The molecule has 0 aliphatic carbocycles. The van der Waals surface area contributed by atoms with Gasteiger partial charge in [0.15, 0.2) is 0 Å². The smallest absolute Gasteiger partial charge is 0.0406 e. The molecule has 1 unspecified atom stereocenters. The zero-order valence-electron chi connectivity index (χ0n) is 12.6. The standard InChI is InChI=1S/C16H27ClN2/c1-13(2)16(9-10-18-11-12-19(3)4)14-5-7-15(17)8-6-14/h5-8,13,16,18H,9-12H2,1-4H3. The van der Waals surface area contributed by atoms with Gasteiger partial charge < -0.3 is 10.2 Å². The zero-order chi connectivity index (χ0) is 14.3. The number of benzene rings is 1. The van der Waals surface area contributed by atoms with Crippen LogP contribution in [0.5, 0.6) is 0 Å². The summed E-state index contributed by atoms with van der Waals surface area (Å²) in [5, 5.41) is 4.33. The first-order valence-electron chi connectivity index (χ1n) is 7.11. The van der Waals surface area contributed by atoms with Gasteiger partial charge in [0, 0.05) is 18.1 Å². The minimum atomic E-state index is 0.601. The Morgan fingerprint density at radius 3 is 2.26 bits per heavy atom. The van der Waals surface area contributed by atoms with Gasteiger partial charge in [-0.2, -0.15) is 0 Å². The van der Waals surface area contributed by atoms with Crippen molar-refractivity contribution in [3.8, 4) is 0 Å². The van der Waals surface area contributed by atoms with Crippen LogP contribution >= 0.6 is 11.6 Å². The highest BCUT2D eigenvalue weighted by atomic mass is 35.5. The quantitative estimate of drug-likeness (QED) is 0.733. The van der Waals surface area contributed by atoms with Gasteiger partial charge in [-0.1, -0.05) is 37.6 Å². The second-order valence-corrected chi connectivity index (χ2v) is 6.18. The van der Waals surface area contributed by atoms with Crippen molar-refractivity contribution in [1.82, 2.24) is 10.2 Å². The minimum Gasteiger partial charge on any atom is -0.315 e. The van der Waals surface area contributed by atoms with Gasteiger partial charge in [0.05, 0.1) is 0 Å². The molecule has 1 atom stereocenters. The van der Waals surface area contributed by atoms with Crippen LogP contribution in [0.2, 0.25) is 5.02 Å². The van der Waals surface area contributed by atoms with E-state index < -0.39 is 0 Å². The molecular formula is C16H27ClN2. The highest BCUT2D eigenvalue weighted by Gasteiger charge is 2.15. The minimum absolute atomic E-state index is 0.601. The average Bonchev–Trinajstić information content (AvgIpc) is 2.34. The Hall–Kier alpha value is -0.570. The first-order chi connectivity index (χ1) is 9.00. The highest BCUT2D eigenvalue weighted by Crippen LogP contribution is 2.28. The number of hydrogen-bond donors (Lipinski definition) is 1. The van der Waals surface area contributed by atoms with E-state index in [9.17, 15) is 0 Å². The summed E-state index contributed by atoms with van der Waals surface area (Å²) >= 11 is 5.95. The molecule has 0 saturated carbocycles. The molecule has 1 N–H and O–H groups in total. The Balaban J connectivity index is 2.43. The van der Waals surface area contributed by atoms with E-state index in [4.69, 9.17) is 11.6 Å². The fourth-order valence-electron chi connectivity index (χ4n) is 2.28. The third kappa shape index (κ3) is 6.42. The van der Waals surface area contributed by atoms with Crippen molar-refractivity contribution >= 4 is 11.6 Å². The molecule has 1 rings (SSSR count). The van der Waals surface area contributed by atoms with Crippen molar-refractivity contribution in [1.29, 1.82) is 0 Å². The van der Waals surface area contributed by atoms with Crippen molar-refractivity contribution in [2.24, 2.45) is 5.92 Å². The topological polar surface area (TPSA) is 15.3 Å². The number of nitrogens with zero attached hydrogens (tertiary/aromatic N) is 1. The Labute approximate surface area is 123 Å². The molecule has 0 amide bonds. The number of hydrogen-bond acceptors (Lipinski definition) is 2. The van der Waals surface area contributed by atoms with Crippen LogP contribution in [0.25, 0.3) is 0 Å². The lowest BCUT2D eigenvalue weighted by atomic mass is 9.86. The number of nitrogens with one attached hydrogen (secondary N) is 1. The van der Waals surface area contributed by atoms with E-state index in [1.807, 2.05) is 12.1 Å². The van der Waals surface area contributed by atoms with Crippen LogP contribution in [0, 0.1) is 5.92 Å². The summed E-state index contributed by atoms with van der Waals surface area (Å²) in [5.74, 6) is 1.25. The molecule has 1 aromatic carbocycles. The molecule has 3 heteroatoms. The van der Waals surface area contributed by atoms with Crippen molar-refractivity contribution < 1.29 is 0 Å². The Kier molecular flexibility index (Phi) is 7.44. The van der Waals surface area contributed by atoms with Gasteiger partial charge in [-0.25, -0.2) is 0 Å². The van der Waals surface area contributed by atoms with Crippen LogP contribution in [0.4, 0.5) is 0 Å². The SMILES string of the molecule is CC(C)C(CCNCCN(C)C)c1ccc(Cl)cc1. The Bertz CT molecular complexity index is 346. The maximum atomic E-state index is 5.95. The predicted octanol–water partition coefficient (Wildman–Crippen LogP) is 3.62. The van der Waals surface area contributed by atoms with Gasteiger partial charge in [-0.15, -0.1) is 0 Å². The molecule has 0 aliphatic heterocycles. The monoisotopic (exact) mass is 282 g/mol. The number of halogens is 1. The van der Waals surface area contributed by atoms with E-state index in [0.717, 1.165) is 24.7 Å². The molecular weight excluding hydrogens is 256 g/mol. The third-order valence-electron chi connectivity index (χ3n) is 3.47. The molecule has 0 radical (unpaired) electrons. The molecule has 1 aromatic rings. The first-order valence-corrected chi connectivity index (χ1v) is 7.49. The molecule has 0 spiro atoms. The van der Waals surface area contributed by atoms with Gasteiger partial charge in [0.1, 0.15) is 0 Å². The van der Waals surface area contributed by atoms with Gasteiger partial charge >= 0.3 is 0 Å². The van der Waals surface area contributed by atoms with Gasteiger partial charge in [0.2, 0.25) is 0 Å².